The normalized spacial score (nSPS) is 22.4. The number of rotatable bonds is 7. The van der Waals surface area contributed by atoms with E-state index in [2.05, 4.69) is 13.0 Å². The number of hydrogen-bond acceptors (Lipinski definition) is 0. The number of aryl methyl sites for hydroxylation is 1. The highest BCUT2D eigenvalue weighted by atomic mass is 19.1. The molecule has 118 valence electrons. The van der Waals surface area contributed by atoms with Crippen molar-refractivity contribution in [2.45, 2.75) is 70.6 Å². The second-order valence-electron chi connectivity index (χ2n) is 6.51. The van der Waals surface area contributed by atoms with E-state index in [9.17, 15) is 8.78 Å². The van der Waals surface area contributed by atoms with Crippen molar-refractivity contribution >= 4 is 0 Å². The van der Waals surface area contributed by atoms with Crippen LogP contribution in [-0.4, -0.2) is 6.67 Å². The van der Waals surface area contributed by atoms with Gasteiger partial charge >= 0.3 is 0 Å². The predicted molar refractivity (Wildman–Crippen MR) is 84.9 cm³/mol. The molecule has 1 aromatic carbocycles. The lowest BCUT2D eigenvalue weighted by Gasteiger charge is -2.28. The molecule has 21 heavy (non-hydrogen) atoms. The molecule has 2 rings (SSSR count). The minimum absolute atomic E-state index is 0.0297. The Kier molecular flexibility index (Phi) is 6.66. The van der Waals surface area contributed by atoms with Gasteiger partial charge in [-0.15, -0.1) is 0 Å². The summed E-state index contributed by atoms with van der Waals surface area (Å²) in [5, 5.41) is 0. The van der Waals surface area contributed by atoms with Gasteiger partial charge in [-0.2, -0.15) is 0 Å². The van der Waals surface area contributed by atoms with Gasteiger partial charge in [-0.05, 0) is 74.0 Å². The molecule has 0 unspecified atom stereocenters. The maximum Gasteiger partial charge on any atom is 0.126 e. The molecule has 1 aliphatic rings. The van der Waals surface area contributed by atoms with Crippen LogP contribution in [-0.2, 0) is 6.42 Å². The van der Waals surface area contributed by atoms with Gasteiger partial charge in [0.05, 0.1) is 6.67 Å². The first-order chi connectivity index (χ1) is 10.2. The van der Waals surface area contributed by atoms with Gasteiger partial charge in [0, 0.05) is 0 Å². The quantitative estimate of drug-likeness (QED) is 0.526. The van der Waals surface area contributed by atoms with Crippen molar-refractivity contribution in [2.24, 2.45) is 5.92 Å². The van der Waals surface area contributed by atoms with Crippen molar-refractivity contribution in [1.82, 2.24) is 0 Å². The minimum atomic E-state index is -0.212. The zero-order valence-corrected chi connectivity index (χ0v) is 13.2. The molecule has 0 nitrogen and oxygen atoms in total. The monoisotopic (exact) mass is 294 g/mol. The SMILES string of the molecule is CCCCCc1ccc(C2CCC(CCF)CC2)c(F)c1. The summed E-state index contributed by atoms with van der Waals surface area (Å²) >= 11 is 0. The highest BCUT2D eigenvalue weighted by molar-refractivity contribution is 5.27. The lowest BCUT2D eigenvalue weighted by Crippen LogP contribution is -2.15. The van der Waals surface area contributed by atoms with Crippen LogP contribution in [0.4, 0.5) is 8.78 Å². The van der Waals surface area contributed by atoms with Crippen molar-refractivity contribution in [3.63, 3.8) is 0 Å². The molecule has 1 aromatic rings. The maximum absolute atomic E-state index is 14.3. The summed E-state index contributed by atoms with van der Waals surface area (Å²) < 4.78 is 26.7. The Bertz CT molecular complexity index is 420. The van der Waals surface area contributed by atoms with Crippen molar-refractivity contribution in [2.75, 3.05) is 6.67 Å². The van der Waals surface area contributed by atoms with Crippen LogP contribution >= 0.6 is 0 Å². The first-order valence-electron chi connectivity index (χ1n) is 8.58. The Morgan fingerprint density at radius 2 is 1.86 bits per heavy atom. The van der Waals surface area contributed by atoms with Crippen LogP contribution in [0.3, 0.4) is 0 Å². The fourth-order valence-corrected chi connectivity index (χ4v) is 3.55. The van der Waals surface area contributed by atoms with Crippen LogP contribution in [0.1, 0.15) is 75.3 Å². The minimum Gasteiger partial charge on any atom is -0.251 e. The lowest BCUT2D eigenvalue weighted by molar-refractivity contribution is 0.281. The van der Waals surface area contributed by atoms with E-state index < -0.39 is 0 Å². The van der Waals surface area contributed by atoms with Gasteiger partial charge in [-0.3, -0.25) is 4.39 Å². The molecule has 0 aliphatic heterocycles. The molecule has 0 bridgehead atoms. The highest BCUT2D eigenvalue weighted by Gasteiger charge is 2.24. The molecule has 0 aromatic heterocycles. The van der Waals surface area contributed by atoms with E-state index in [1.807, 2.05) is 6.07 Å². The maximum atomic E-state index is 14.3. The summed E-state index contributed by atoms with van der Waals surface area (Å²) in [4.78, 5) is 0. The standard InChI is InChI=1S/C19H28F2/c1-2-3-4-5-16-8-11-18(19(21)14-16)17-9-6-15(7-10-17)12-13-20/h8,11,14-15,17H,2-7,9-10,12-13H2,1H3. The van der Waals surface area contributed by atoms with Crippen LogP contribution in [0.25, 0.3) is 0 Å². The molecule has 0 atom stereocenters. The van der Waals surface area contributed by atoms with E-state index >= 15 is 0 Å². The topological polar surface area (TPSA) is 0 Å². The van der Waals surface area contributed by atoms with Crippen molar-refractivity contribution in [3.8, 4) is 0 Å². The zero-order chi connectivity index (χ0) is 15.1. The van der Waals surface area contributed by atoms with Crippen molar-refractivity contribution in [3.05, 3.63) is 35.1 Å². The summed E-state index contributed by atoms with van der Waals surface area (Å²) in [5.74, 6) is 0.825. The zero-order valence-electron chi connectivity index (χ0n) is 13.2. The van der Waals surface area contributed by atoms with Gasteiger partial charge in [0.1, 0.15) is 5.82 Å². The van der Waals surface area contributed by atoms with E-state index in [0.29, 0.717) is 18.3 Å². The molecule has 1 saturated carbocycles. The Balaban J connectivity index is 1.92. The number of unbranched alkanes of at least 4 members (excludes halogenated alkanes) is 2. The molecule has 0 amide bonds. The second-order valence-corrected chi connectivity index (χ2v) is 6.51. The van der Waals surface area contributed by atoms with Crippen molar-refractivity contribution < 1.29 is 8.78 Å². The Hall–Kier alpha value is -0.920. The number of benzene rings is 1. The highest BCUT2D eigenvalue weighted by Crippen LogP contribution is 2.38. The summed E-state index contributed by atoms with van der Waals surface area (Å²) in [5.41, 5.74) is 2.00. The molecule has 1 aliphatic carbocycles. The van der Waals surface area contributed by atoms with E-state index in [-0.39, 0.29) is 12.5 Å². The summed E-state index contributed by atoms with van der Waals surface area (Å²) in [7, 11) is 0. The largest absolute Gasteiger partial charge is 0.251 e. The molecule has 1 fully saturated rings. The average Bonchev–Trinajstić information content (AvgIpc) is 2.49. The Labute approximate surface area is 128 Å². The Morgan fingerprint density at radius 1 is 1.10 bits per heavy atom. The van der Waals surface area contributed by atoms with Crippen molar-refractivity contribution in [1.29, 1.82) is 0 Å². The Morgan fingerprint density at radius 3 is 2.48 bits per heavy atom. The molecule has 0 radical (unpaired) electrons. The number of halogens is 2. The molecule has 0 saturated heterocycles. The second kappa shape index (κ2) is 8.51. The van der Waals surface area contributed by atoms with Crippen LogP contribution in [0.15, 0.2) is 18.2 Å². The smallest absolute Gasteiger partial charge is 0.126 e. The molecule has 0 N–H and O–H groups in total. The van der Waals surface area contributed by atoms with Crippen LogP contribution < -0.4 is 0 Å². The van der Waals surface area contributed by atoms with Gasteiger partial charge in [0.2, 0.25) is 0 Å². The van der Waals surface area contributed by atoms with Gasteiger partial charge < -0.3 is 0 Å². The molecule has 0 heterocycles. The van der Waals surface area contributed by atoms with E-state index in [4.69, 9.17) is 0 Å². The van der Waals surface area contributed by atoms with Crippen LogP contribution in [0.2, 0.25) is 0 Å². The predicted octanol–water partition coefficient (Wildman–Crippen LogP) is 6.19. The fourth-order valence-electron chi connectivity index (χ4n) is 3.55. The summed E-state index contributed by atoms with van der Waals surface area (Å²) in [6.45, 7) is 1.97. The summed E-state index contributed by atoms with van der Waals surface area (Å²) in [6.07, 6.45) is 9.33. The van der Waals surface area contributed by atoms with Gasteiger partial charge in [0.15, 0.2) is 0 Å². The first-order valence-corrected chi connectivity index (χ1v) is 8.58. The van der Waals surface area contributed by atoms with E-state index in [1.165, 1.54) is 12.8 Å². The molecular formula is C19H28F2. The van der Waals surface area contributed by atoms with Crippen LogP contribution in [0, 0.1) is 11.7 Å². The first kappa shape index (κ1) is 16.5. The van der Waals surface area contributed by atoms with Gasteiger partial charge in [-0.1, -0.05) is 31.9 Å². The number of alkyl halides is 1. The third-order valence-electron chi connectivity index (χ3n) is 4.94. The third-order valence-corrected chi connectivity index (χ3v) is 4.94. The number of hydrogen-bond donors (Lipinski definition) is 0. The average molecular weight is 294 g/mol. The van der Waals surface area contributed by atoms with Gasteiger partial charge in [0.25, 0.3) is 0 Å². The van der Waals surface area contributed by atoms with Gasteiger partial charge in [-0.25, -0.2) is 4.39 Å². The third kappa shape index (κ3) is 4.79. The lowest BCUT2D eigenvalue weighted by atomic mass is 9.77. The molecule has 0 spiro atoms. The fraction of sp³-hybridized carbons (Fsp3) is 0.684. The van der Waals surface area contributed by atoms with E-state index in [0.717, 1.165) is 49.7 Å². The molecule has 2 heteroatoms. The van der Waals surface area contributed by atoms with Crippen LogP contribution in [0.5, 0.6) is 0 Å². The van der Waals surface area contributed by atoms with E-state index in [1.54, 1.807) is 6.07 Å². The molecular weight excluding hydrogens is 266 g/mol. The summed E-state index contributed by atoms with van der Waals surface area (Å²) in [6, 6.07) is 5.83.